The van der Waals surface area contributed by atoms with E-state index in [1.54, 1.807) is 24.3 Å². The van der Waals surface area contributed by atoms with Crippen molar-refractivity contribution in [3.8, 4) is 11.3 Å². The van der Waals surface area contributed by atoms with Crippen molar-refractivity contribution >= 4 is 23.5 Å². The Morgan fingerprint density at radius 1 is 1.08 bits per heavy atom. The van der Waals surface area contributed by atoms with E-state index in [0.29, 0.717) is 10.4 Å². The van der Waals surface area contributed by atoms with Gasteiger partial charge in [-0.25, -0.2) is 15.4 Å². The number of alkyl halides is 3. The molecule has 0 radical (unpaired) electrons. The van der Waals surface area contributed by atoms with E-state index in [1.807, 2.05) is 6.92 Å². The van der Waals surface area contributed by atoms with Crippen LogP contribution in [0.1, 0.15) is 16.1 Å². The first-order valence-corrected chi connectivity index (χ1v) is 8.20. The summed E-state index contributed by atoms with van der Waals surface area (Å²) >= 11 is 0.855. The average Bonchev–Trinajstić information content (AvgIpc) is 3.00. The zero-order chi connectivity index (χ0) is 18.7. The van der Waals surface area contributed by atoms with Gasteiger partial charge >= 0.3 is 6.18 Å². The Morgan fingerprint density at radius 3 is 2.42 bits per heavy atom. The number of benzene rings is 1. The molecule has 0 amide bonds. The summed E-state index contributed by atoms with van der Waals surface area (Å²) in [4.78, 5) is 8.03. The number of nitrogens with zero attached hydrogens (tertiary/aromatic N) is 3. The molecule has 2 heterocycles. The van der Waals surface area contributed by atoms with Gasteiger partial charge in [-0.3, -0.25) is 0 Å². The molecule has 0 saturated carbocycles. The molecule has 1 N–H and O–H groups in total. The number of aryl methyl sites for hydroxylation is 1. The predicted octanol–water partition coefficient (Wildman–Crippen LogP) is 5.12. The normalized spacial score (nSPS) is 11.9. The van der Waals surface area contributed by atoms with Gasteiger partial charge in [0.05, 0.1) is 16.8 Å². The lowest BCUT2D eigenvalue weighted by Crippen LogP contribution is -2.11. The summed E-state index contributed by atoms with van der Waals surface area (Å²) in [5, 5.41) is 3.39. The highest BCUT2D eigenvalue weighted by Crippen LogP contribution is 2.31. The van der Waals surface area contributed by atoms with Crippen LogP contribution in [-0.4, -0.2) is 16.2 Å². The Bertz CT molecular complexity index is 933. The van der Waals surface area contributed by atoms with Gasteiger partial charge < -0.3 is 0 Å². The van der Waals surface area contributed by atoms with Gasteiger partial charge in [0.25, 0.3) is 0 Å². The summed E-state index contributed by atoms with van der Waals surface area (Å²) in [5.74, 6) is -0.302. The van der Waals surface area contributed by atoms with Gasteiger partial charge in [-0.05, 0) is 25.1 Å². The predicted molar refractivity (Wildman–Crippen MR) is 92.7 cm³/mol. The molecule has 134 valence electrons. The van der Waals surface area contributed by atoms with Gasteiger partial charge in [0.15, 0.2) is 10.8 Å². The summed E-state index contributed by atoms with van der Waals surface area (Å²) in [7, 11) is 0. The Labute approximate surface area is 150 Å². The maximum absolute atomic E-state index is 13.1. The SMILES string of the molecule is Cc1ccc(-c2cc(C(F)(F)F)nc(N/N=C\c3ccc(F)s3)n2)cc1. The van der Waals surface area contributed by atoms with E-state index in [4.69, 9.17) is 0 Å². The van der Waals surface area contributed by atoms with Gasteiger partial charge in [-0.1, -0.05) is 29.8 Å². The minimum absolute atomic E-state index is 0.118. The smallest absolute Gasteiger partial charge is 0.245 e. The molecule has 0 aliphatic carbocycles. The van der Waals surface area contributed by atoms with Crippen molar-refractivity contribution < 1.29 is 17.6 Å². The van der Waals surface area contributed by atoms with Gasteiger partial charge in [-0.15, -0.1) is 11.3 Å². The molecule has 0 aliphatic rings. The Kier molecular flexibility index (Phi) is 4.99. The number of hydrogen-bond acceptors (Lipinski definition) is 5. The molecule has 0 atom stereocenters. The first kappa shape index (κ1) is 18.0. The van der Waals surface area contributed by atoms with Crippen LogP contribution >= 0.6 is 11.3 Å². The summed E-state index contributed by atoms with van der Waals surface area (Å²) in [6.07, 6.45) is -3.34. The van der Waals surface area contributed by atoms with Gasteiger partial charge in [0, 0.05) is 5.56 Å². The van der Waals surface area contributed by atoms with Crippen molar-refractivity contribution in [3.63, 3.8) is 0 Å². The molecule has 3 rings (SSSR count). The van der Waals surface area contributed by atoms with E-state index < -0.39 is 11.9 Å². The largest absolute Gasteiger partial charge is 0.433 e. The standard InChI is InChI=1S/C17H12F4N4S/c1-10-2-4-11(5-3-10)13-8-14(17(19,20)21)24-16(23-13)25-22-9-12-6-7-15(18)26-12/h2-9H,1H3,(H,23,24,25)/b22-9-. The Morgan fingerprint density at radius 2 is 1.81 bits per heavy atom. The van der Waals surface area contributed by atoms with Gasteiger partial charge in [0.2, 0.25) is 5.95 Å². The number of thiophene rings is 1. The van der Waals surface area contributed by atoms with Crippen LogP contribution in [0.15, 0.2) is 47.6 Å². The molecule has 2 aromatic heterocycles. The number of nitrogens with one attached hydrogen (secondary N) is 1. The van der Waals surface area contributed by atoms with Crippen LogP contribution in [-0.2, 0) is 6.18 Å². The molecule has 0 aliphatic heterocycles. The van der Waals surface area contributed by atoms with Crippen molar-refractivity contribution in [2.75, 3.05) is 5.43 Å². The Balaban J connectivity index is 1.92. The third-order valence-corrected chi connectivity index (χ3v) is 4.12. The molecule has 3 aromatic rings. The van der Waals surface area contributed by atoms with Gasteiger partial charge in [0.1, 0.15) is 0 Å². The number of halogens is 4. The summed E-state index contributed by atoms with van der Waals surface area (Å²) in [6, 6.07) is 10.6. The van der Waals surface area contributed by atoms with E-state index in [1.165, 1.54) is 18.3 Å². The zero-order valence-electron chi connectivity index (χ0n) is 13.4. The van der Waals surface area contributed by atoms with Crippen molar-refractivity contribution in [2.45, 2.75) is 13.1 Å². The van der Waals surface area contributed by atoms with Crippen molar-refractivity contribution in [2.24, 2.45) is 5.10 Å². The number of hydrazone groups is 1. The lowest BCUT2D eigenvalue weighted by molar-refractivity contribution is -0.141. The van der Waals surface area contributed by atoms with Crippen LogP contribution < -0.4 is 5.43 Å². The van der Waals surface area contributed by atoms with Gasteiger partial charge in [-0.2, -0.15) is 22.7 Å². The number of anilines is 1. The van der Waals surface area contributed by atoms with Crippen LogP contribution in [0.3, 0.4) is 0 Å². The first-order chi connectivity index (χ1) is 12.3. The molecule has 1 aromatic carbocycles. The second-order valence-electron chi connectivity index (χ2n) is 5.34. The zero-order valence-corrected chi connectivity index (χ0v) is 14.2. The number of aromatic nitrogens is 2. The molecule has 9 heteroatoms. The molecular weight excluding hydrogens is 368 g/mol. The highest BCUT2D eigenvalue weighted by atomic mass is 32.1. The van der Waals surface area contributed by atoms with Crippen LogP contribution in [0, 0.1) is 12.1 Å². The van der Waals surface area contributed by atoms with Crippen LogP contribution in [0.25, 0.3) is 11.3 Å². The van der Waals surface area contributed by atoms with Crippen molar-refractivity contribution in [1.82, 2.24) is 9.97 Å². The van der Waals surface area contributed by atoms with E-state index in [2.05, 4.69) is 20.5 Å². The molecular formula is C17H12F4N4S. The van der Waals surface area contributed by atoms with Crippen LogP contribution in [0.5, 0.6) is 0 Å². The lowest BCUT2D eigenvalue weighted by Gasteiger charge is -2.10. The summed E-state index contributed by atoms with van der Waals surface area (Å²) in [6.45, 7) is 1.88. The average molecular weight is 380 g/mol. The summed E-state index contributed by atoms with van der Waals surface area (Å²) < 4.78 is 52.3. The molecule has 0 spiro atoms. The van der Waals surface area contributed by atoms with E-state index in [9.17, 15) is 17.6 Å². The molecule has 26 heavy (non-hydrogen) atoms. The minimum atomic E-state index is -4.63. The highest BCUT2D eigenvalue weighted by Gasteiger charge is 2.33. The van der Waals surface area contributed by atoms with E-state index >= 15 is 0 Å². The quantitative estimate of drug-likeness (QED) is 0.388. The fraction of sp³-hybridized carbons (Fsp3) is 0.118. The second kappa shape index (κ2) is 7.20. The third kappa shape index (κ3) is 4.42. The maximum atomic E-state index is 13.1. The third-order valence-electron chi connectivity index (χ3n) is 3.31. The second-order valence-corrected chi connectivity index (χ2v) is 6.40. The van der Waals surface area contributed by atoms with Crippen molar-refractivity contribution in [1.29, 1.82) is 0 Å². The Hall–Kier alpha value is -2.81. The monoisotopic (exact) mass is 380 g/mol. The molecule has 0 fully saturated rings. The lowest BCUT2D eigenvalue weighted by atomic mass is 10.1. The number of rotatable bonds is 4. The van der Waals surface area contributed by atoms with Crippen LogP contribution in [0.2, 0.25) is 0 Å². The fourth-order valence-electron chi connectivity index (χ4n) is 2.07. The molecule has 0 bridgehead atoms. The topological polar surface area (TPSA) is 50.2 Å². The highest BCUT2D eigenvalue weighted by molar-refractivity contribution is 7.12. The first-order valence-electron chi connectivity index (χ1n) is 7.39. The minimum Gasteiger partial charge on any atom is -0.245 e. The molecule has 4 nitrogen and oxygen atoms in total. The molecule has 0 unspecified atom stereocenters. The van der Waals surface area contributed by atoms with E-state index in [0.717, 1.165) is 23.0 Å². The fourth-order valence-corrected chi connectivity index (χ4v) is 2.67. The summed E-state index contributed by atoms with van der Waals surface area (Å²) in [5.41, 5.74) is 2.91. The number of hydrogen-bond donors (Lipinski definition) is 1. The molecule has 0 saturated heterocycles. The van der Waals surface area contributed by atoms with Crippen molar-refractivity contribution in [3.05, 3.63) is 63.7 Å². The van der Waals surface area contributed by atoms with Crippen LogP contribution in [0.4, 0.5) is 23.5 Å². The van der Waals surface area contributed by atoms with E-state index in [-0.39, 0.29) is 16.8 Å². The maximum Gasteiger partial charge on any atom is 0.433 e.